The number of benzene rings is 1. The molecule has 0 bridgehead atoms. The van der Waals surface area contributed by atoms with Crippen LogP contribution in [0.25, 0.3) is 0 Å². The highest BCUT2D eigenvalue weighted by Crippen LogP contribution is 2.21. The van der Waals surface area contributed by atoms with Gasteiger partial charge in [-0.05, 0) is 67.0 Å². The predicted molar refractivity (Wildman–Crippen MR) is 76.0 cm³/mol. The molecule has 16 heavy (non-hydrogen) atoms. The first-order valence-corrected chi connectivity index (χ1v) is 6.87. The van der Waals surface area contributed by atoms with Crippen LogP contribution in [0.5, 0.6) is 0 Å². The molecular weight excluding hydrogens is 313 g/mol. The number of halogens is 1. The fourth-order valence-corrected chi connectivity index (χ4v) is 2.56. The van der Waals surface area contributed by atoms with E-state index >= 15 is 0 Å². The maximum absolute atomic E-state index is 5.55. The molecule has 1 fully saturated rings. The largest absolute Gasteiger partial charge is 0.382 e. The number of ether oxygens (including phenoxy) is 1. The van der Waals surface area contributed by atoms with Crippen molar-refractivity contribution in [1.29, 1.82) is 0 Å². The van der Waals surface area contributed by atoms with E-state index in [9.17, 15) is 0 Å². The Kier molecular flexibility index (Phi) is 4.08. The lowest BCUT2D eigenvalue weighted by Gasteiger charge is -2.28. The Hall–Kier alpha value is -0.290. The average molecular weight is 331 g/mol. The zero-order chi connectivity index (χ0) is 11.5. The minimum Gasteiger partial charge on any atom is -0.382 e. The zero-order valence-corrected chi connectivity index (χ0v) is 12.0. The second-order valence-electron chi connectivity index (χ2n) is 4.51. The van der Waals surface area contributed by atoms with E-state index in [1.165, 1.54) is 14.8 Å². The van der Waals surface area contributed by atoms with Gasteiger partial charge in [0.1, 0.15) is 0 Å². The van der Waals surface area contributed by atoms with Crippen LogP contribution in [0.15, 0.2) is 18.2 Å². The molecular formula is C13H18INO. The minimum atomic E-state index is 0.385. The summed E-state index contributed by atoms with van der Waals surface area (Å²) in [4.78, 5) is 0. The van der Waals surface area contributed by atoms with Crippen molar-refractivity contribution < 1.29 is 4.74 Å². The number of hydrogen-bond acceptors (Lipinski definition) is 2. The molecule has 1 aromatic carbocycles. The summed E-state index contributed by atoms with van der Waals surface area (Å²) >= 11 is 2.38. The Morgan fingerprint density at radius 2 is 2.25 bits per heavy atom. The van der Waals surface area contributed by atoms with Crippen LogP contribution in [-0.2, 0) is 4.74 Å². The summed E-state index contributed by atoms with van der Waals surface area (Å²) in [5.41, 5.74) is 2.57. The molecule has 2 unspecified atom stereocenters. The average Bonchev–Trinajstić information content (AvgIpc) is 2.24. The van der Waals surface area contributed by atoms with Crippen molar-refractivity contribution in [1.82, 2.24) is 0 Å². The number of nitrogens with one attached hydrogen (secondary N) is 1. The molecule has 1 aliphatic heterocycles. The summed E-state index contributed by atoms with van der Waals surface area (Å²) < 4.78 is 6.87. The van der Waals surface area contributed by atoms with Crippen molar-refractivity contribution in [2.45, 2.75) is 38.8 Å². The highest BCUT2D eigenvalue weighted by atomic mass is 127. The molecule has 1 aliphatic rings. The van der Waals surface area contributed by atoms with Crippen LogP contribution >= 0.6 is 22.6 Å². The van der Waals surface area contributed by atoms with Gasteiger partial charge in [0.2, 0.25) is 0 Å². The van der Waals surface area contributed by atoms with E-state index in [0.717, 1.165) is 19.4 Å². The number of anilines is 1. The first kappa shape index (κ1) is 12.2. The van der Waals surface area contributed by atoms with Gasteiger partial charge >= 0.3 is 0 Å². The van der Waals surface area contributed by atoms with Crippen LogP contribution in [0.3, 0.4) is 0 Å². The van der Waals surface area contributed by atoms with Gasteiger partial charge < -0.3 is 10.1 Å². The van der Waals surface area contributed by atoms with Crippen molar-refractivity contribution in [2.75, 3.05) is 11.9 Å². The molecule has 88 valence electrons. The van der Waals surface area contributed by atoms with E-state index in [4.69, 9.17) is 4.74 Å². The molecule has 0 amide bonds. The van der Waals surface area contributed by atoms with Crippen molar-refractivity contribution in [3.8, 4) is 0 Å². The summed E-state index contributed by atoms with van der Waals surface area (Å²) in [6.45, 7) is 5.16. The summed E-state index contributed by atoms with van der Waals surface area (Å²) in [7, 11) is 0. The third kappa shape index (κ3) is 3.10. The number of hydrogen-bond donors (Lipinski definition) is 1. The van der Waals surface area contributed by atoms with E-state index < -0.39 is 0 Å². The quantitative estimate of drug-likeness (QED) is 0.837. The number of aryl methyl sites for hydroxylation is 1. The highest BCUT2D eigenvalue weighted by Gasteiger charge is 2.18. The van der Waals surface area contributed by atoms with Crippen LogP contribution in [-0.4, -0.2) is 18.8 Å². The lowest BCUT2D eigenvalue weighted by Crippen LogP contribution is -2.32. The van der Waals surface area contributed by atoms with Gasteiger partial charge in [-0.2, -0.15) is 0 Å². The highest BCUT2D eigenvalue weighted by molar-refractivity contribution is 14.1. The predicted octanol–water partition coefficient (Wildman–Crippen LogP) is 3.58. The van der Waals surface area contributed by atoms with Gasteiger partial charge in [0.25, 0.3) is 0 Å². The molecule has 1 N–H and O–H groups in total. The molecule has 0 radical (unpaired) electrons. The Morgan fingerprint density at radius 1 is 1.44 bits per heavy atom. The molecule has 1 saturated heterocycles. The minimum absolute atomic E-state index is 0.385. The Balaban J connectivity index is 2.00. The molecule has 3 heteroatoms. The first-order chi connectivity index (χ1) is 7.65. The summed E-state index contributed by atoms with van der Waals surface area (Å²) in [6, 6.07) is 7.11. The fraction of sp³-hybridized carbons (Fsp3) is 0.538. The maximum Gasteiger partial charge on any atom is 0.0566 e. The smallest absolute Gasteiger partial charge is 0.0566 e. The standard InChI is InChI=1S/C13H18INO/c1-9-3-4-11(8-13(9)14)15-12-5-6-16-10(2)7-12/h3-4,8,10,12,15H,5-7H2,1-2H3. The van der Waals surface area contributed by atoms with Gasteiger partial charge in [-0.25, -0.2) is 0 Å². The molecule has 0 saturated carbocycles. The number of rotatable bonds is 2. The fourth-order valence-electron chi connectivity index (χ4n) is 2.05. The molecule has 0 spiro atoms. The van der Waals surface area contributed by atoms with Gasteiger partial charge in [0, 0.05) is 21.9 Å². The summed E-state index contributed by atoms with van der Waals surface area (Å²) in [6.07, 6.45) is 2.59. The Morgan fingerprint density at radius 3 is 2.94 bits per heavy atom. The van der Waals surface area contributed by atoms with Crippen LogP contribution in [0.4, 0.5) is 5.69 Å². The Labute approximate surface area is 111 Å². The van der Waals surface area contributed by atoms with Gasteiger partial charge in [0.15, 0.2) is 0 Å². The second kappa shape index (κ2) is 5.36. The van der Waals surface area contributed by atoms with Crippen molar-refractivity contribution in [2.24, 2.45) is 0 Å². The van der Waals surface area contributed by atoms with Gasteiger partial charge in [-0.15, -0.1) is 0 Å². The molecule has 2 rings (SSSR count). The van der Waals surface area contributed by atoms with Crippen LogP contribution < -0.4 is 5.32 Å². The maximum atomic E-state index is 5.55. The van der Waals surface area contributed by atoms with Crippen LogP contribution in [0, 0.1) is 10.5 Å². The molecule has 0 aromatic heterocycles. The topological polar surface area (TPSA) is 21.3 Å². The third-order valence-corrected chi connectivity index (χ3v) is 4.19. The summed E-state index contributed by atoms with van der Waals surface area (Å²) in [5.74, 6) is 0. The molecule has 1 heterocycles. The summed E-state index contributed by atoms with van der Waals surface area (Å²) in [5, 5.41) is 3.59. The molecule has 0 aliphatic carbocycles. The van der Waals surface area contributed by atoms with Crippen molar-refractivity contribution >= 4 is 28.3 Å². The van der Waals surface area contributed by atoms with E-state index in [-0.39, 0.29) is 0 Å². The Bertz CT molecular complexity index is 367. The van der Waals surface area contributed by atoms with E-state index in [1.807, 2.05) is 0 Å². The molecule has 1 aromatic rings. The van der Waals surface area contributed by atoms with Gasteiger partial charge in [-0.1, -0.05) is 6.07 Å². The van der Waals surface area contributed by atoms with E-state index in [2.05, 4.69) is 60.0 Å². The third-order valence-electron chi connectivity index (χ3n) is 3.03. The van der Waals surface area contributed by atoms with Crippen molar-refractivity contribution in [3.05, 3.63) is 27.3 Å². The van der Waals surface area contributed by atoms with Gasteiger partial charge in [-0.3, -0.25) is 0 Å². The lowest BCUT2D eigenvalue weighted by atomic mass is 10.0. The van der Waals surface area contributed by atoms with E-state index in [1.54, 1.807) is 0 Å². The molecule has 2 nitrogen and oxygen atoms in total. The second-order valence-corrected chi connectivity index (χ2v) is 5.67. The monoisotopic (exact) mass is 331 g/mol. The van der Waals surface area contributed by atoms with Crippen LogP contribution in [0.2, 0.25) is 0 Å². The normalized spacial score (nSPS) is 25.4. The van der Waals surface area contributed by atoms with Crippen LogP contribution in [0.1, 0.15) is 25.3 Å². The first-order valence-electron chi connectivity index (χ1n) is 5.79. The lowest BCUT2D eigenvalue weighted by molar-refractivity contribution is 0.0232. The van der Waals surface area contributed by atoms with E-state index in [0.29, 0.717) is 12.1 Å². The zero-order valence-electron chi connectivity index (χ0n) is 9.79. The SMILES string of the molecule is Cc1ccc(NC2CCOC(C)C2)cc1I. The van der Waals surface area contributed by atoms with Gasteiger partial charge in [0.05, 0.1) is 6.10 Å². The van der Waals surface area contributed by atoms with Crippen molar-refractivity contribution in [3.63, 3.8) is 0 Å². The molecule has 2 atom stereocenters.